The highest BCUT2D eigenvalue weighted by Gasteiger charge is 2.23. The Labute approximate surface area is 121 Å². The van der Waals surface area contributed by atoms with E-state index >= 15 is 0 Å². The molecule has 1 fully saturated rings. The number of likely N-dealkylation sites (tertiary alicyclic amines) is 1. The number of rotatable bonds is 4. The van der Waals surface area contributed by atoms with Gasteiger partial charge < -0.3 is 15.1 Å². The number of hydrogen-bond acceptors (Lipinski definition) is 3. The predicted molar refractivity (Wildman–Crippen MR) is 83.1 cm³/mol. The van der Waals surface area contributed by atoms with Gasteiger partial charge in [0.05, 0.1) is 10.7 Å². The first kappa shape index (κ1) is 14.6. The Morgan fingerprint density at radius 3 is 2.95 bits per heavy atom. The standard InChI is InChI=1S/C15H24ClN3/c1-17-10-12-6-4-8-14(16)15(12)19(3)13-7-5-9-18(2)11-13/h4,6,8,13,17H,5,7,9-11H2,1-3H3. The zero-order valence-corrected chi connectivity index (χ0v) is 12.9. The summed E-state index contributed by atoms with van der Waals surface area (Å²) in [6.07, 6.45) is 2.50. The molecule has 0 saturated carbocycles. The van der Waals surface area contributed by atoms with Crippen molar-refractivity contribution < 1.29 is 0 Å². The van der Waals surface area contributed by atoms with E-state index in [9.17, 15) is 0 Å². The van der Waals surface area contributed by atoms with Gasteiger partial charge >= 0.3 is 0 Å². The summed E-state index contributed by atoms with van der Waals surface area (Å²) in [5.74, 6) is 0. The lowest BCUT2D eigenvalue weighted by atomic mass is 10.0. The number of anilines is 1. The molecule has 0 amide bonds. The fourth-order valence-electron chi connectivity index (χ4n) is 2.93. The molecule has 2 rings (SSSR count). The number of nitrogens with one attached hydrogen (secondary N) is 1. The third-order valence-electron chi connectivity index (χ3n) is 3.94. The summed E-state index contributed by atoms with van der Waals surface area (Å²) in [5, 5.41) is 4.07. The highest BCUT2D eigenvalue weighted by molar-refractivity contribution is 6.33. The number of halogens is 1. The van der Waals surface area contributed by atoms with E-state index < -0.39 is 0 Å². The van der Waals surface area contributed by atoms with Crippen LogP contribution in [0.3, 0.4) is 0 Å². The van der Waals surface area contributed by atoms with E-state index in [4.69, 9.17) is 11.6 Å². The summed E-state index contributed by atoms with van der Waals surface area (Å²) >= 11 is 6.43. The molecule has 1 unspecified atom stereocenters. The van der Waals surface area contributed by atoms with E-state index in [0.717, 1.165) is 18.1 Å². The molecular formula is C15H24ClN3. The minimum Gasteiger partial charge on any atom is -0.369 e. The minimum absolute atomic E-state index is 0.550. The monoisotopic (exact) mass is 281 g/mol. The van der Waals surface area contributed by atoms with Crippen molar-refractivity contribution in [3.8, 4) is 0 Å². The van der Waals surface area contributed by atoms with Crippen molar-refractivity contribution in [1.29, 1.82) is 0 Å². The molecule has 106 valence electrons. The summed E-state index contributed by atoms with van der Waals surface area (Å²) in [7, 11) is 6.34. The third kappa shape index (κ3) is 3.41. The zero-order chi connectivity index (χ0) is 13.8. The Morgan fingerprint density at radius 2 is 2.26 bits per heavy atom. The van der Waals surface area contributed by atoms with Crippen LogP contribution in [0.1, 0.15) is 18.4 Å². The molecule has 1 aromatic rings. The molecule has 19 heavy (non-hydrogen) atoms. The minimum atomic E-state index is 0.550. The summed E-state index contributed by atoms with van der Waals surface area (Å²) in [4.78, 5) is 4.77. The molecule has 1 aliphatic heterocycles. The maximum Gasteiger partial charge on any atom is 0.0642 e. The molecular weight excluding hydrogens is 258 g/mol. The summed E-state index contributed by atoms with van der Waals surface area (Å²) in [5.41, 5.74) is 2.45. The smallest absolute Gasteiger partial charge is 0.0642 e. The van der Waals surface area contributed by atoms with Gasteiger partial charge in [0.2, 0.25) is 0 Å². The third-order valence-corrected chi connectivity index (χ3v) is 4.24. The average Bonchev–Trinajstić information content (AvgIpc) is 2.39. The van der Waals surface area contributed by atoms with Gasteiger partial charge in [-0.05, 0) is 45.1 Å². The van der Waals surface area contributed by atoms with Gasteiger partial charge in [-0.15, -0.1) is 0 Å². The summed E-state index contributed by atoms with van der Waals surface area (Å²) in [6, 6.07) is 6.72. The number of hydrogen-bond donors (Lipinski definition) is 1. The fraction of sp³-hybridized carbons (Fsp3) is 0.600. The van der Waals surface area contributed by atoms with E-state index in [1.54, 1.807) is 0 Å². The Kier molecular flexibility index (Phi) is 5.08. The normalized spacial score (nSPS) is 20.5. The van der Waals surface area contributed by atoms with Crippen molar-refractivity contribution in [2.45, 2.75) is 25.4 Å². The van der Waals surface area contributed by atoms with E-state index in [1.165, 1.54) is 30.6 Å². The number of para-hydroxylation sites is 1. The predicted octanol–water partition coefficient (Wildman–Crippen LogP) is 2.59. The second-order valence-electron chi connectivity index (χ2n) is 5.45. The molecule has 1 aromatic carbocycles. The Balaban J connectivity index is 2.24. The van der Waals surface area contributed by atoms with Crippen LogP contribution in [0.4, 0.5) is 5.69 Å². The molecule has 0 radical (unpaired) electrons. The molecule has 1 aliphatic rings. The zero-order valence-electron chi connectivity index (χ0n) is 12.1. The van der Waals surface area contributed by atoms with Crippen LogP contribution < -0.4 is 10.2 Å². The second-order valence-corrected chi connectivity index (χ2v) is 5.85. The van der Waals surface area contributed by atoms with Gasteiger partial charge in [0.1, 0.15) is 0 Å². The number of nitrogens with zero attached hydrogens (tertiary/aromatic N) is 2. The lowest BCUT2D eigenvalue weighted by Crippen LogP contribution is -2.45. The topological polar surface area (TPSA) is 18.5 Å². The van der Waals surface area contributed by atoms with Crippen molar-refractivity contribution in [2.75, 3.05) is 39.1 Å². The van der Waals surface area contributed by atoms with Gasteiger partial charge in [-0.1, -0.05) is 23.7 Å². The molecule has 0 aromatic heterocycles. The average molecular weight is 282 g/mol. The number of piperidine rings is 1. The molecule has 3 nitrogen and oxygen atoms in total. The van der Waals surface area contributed by atoms with Crippen LogP contribution in [-0.2, 0) is 6.54 Å². The first-order chi connectivity index (χ1) is 9.13. The molecule has 0 aliphatic carbocycles. The van der Waals surface area contributed by atoms with Crippen molar-refractivity contribution in [2.24, 2.45) is 0 Å². The number of likely N-dealkylation sites (N-methyl/N-ethyl adjacent to an activating group) is 2. The van der Waals surface area contributed by atoms with Crippen LogP contribution >= 0.6 is 11.6 Å². The highest BCUT2D eigenvalue weighted by Crippen LogP contribution is 2.32. The van der Waals surface area contributed by atoms with Gasteiger partial charge in [0.25, 0.3) is 0 Å². The molecule has 4 heteroatoms. The summed E-state index contributed by atoms with van der Waals surface area (Å²) in [6.45, 7) is 3.17. The van der Waals surface area contributed by atoms with E-state index in [2.05, 4.69) is 35.3 Å². The lowest BCUT2D eigenvalue weighted by molar-refractivity contribution is 0.248. The van der Waals surface area contributed by atoms with Gasteiger partial charge in [-0.25, -0.2) is 0 Å². The molecule has 1 atom stereocenters. The molecule has 0 spiro atoms. The van der Waals surface area contributed by atoms with Crippen LogP contribution in [-0.4, -0.2) is 45.2 Å². The van der Waals surface area contributed by atoms with Gasteiger partial charge in [-0.3, -0.25) is 0 Å². The number of benzene rings is 1. The Morgan fingerprint density at radius 1 is 1.47 bits per heavy atom. The molecule has 0 bridgehead atoms. The van der Waals surface area contributed by atoms with Gasteiger partial charge in [-0.2, -0.15) is 0 Å². The molecule has 1 saturated heterocycles. The maximum absolute atomic E-state index is 6.43. The largest absolute Gasteiger partial charge is 0.369 e. The van der Waals surface area contributed by atoms with Crippen LogP contribution in [0.5, 0.6) is 0 Å². The Bertz CT molecular complexity index is 422. The van der Waals surface area contributed by atoms with Crippen molar-refractivity contribution in [3.05, 3.63) is 28.8 Å². The summed E-state index contributed by atoms with van der Waals surface area (Å²) < 4.78 is 0. The Hall–Kier alpha value is -0.770. The van der Waals surface area contributed by atoms with Crippen LogP contribution in [0.2, 0.25) is 5.02 Å². The fourth-order valence-corrected chi connectivity index (χ4v) is 3.25. The quantitative estimate of drug-likeness (QED) is 0.915. The van der Waals surface area contributed by atoms with Crippen LogP contribution in [0.15, 0.2) is 18.2 Å². The van der Waals surface area contributed by atoms with Crippen molar-refractivity contribution >= 4 is 17.3 Å². The molecule has 1 N–H and O–H groups in total. The SMILES string of the molecule is CNCc1cccc(Cl)c1N(C)C1CCCN(C)C1. The van der Waals surface area contributed by atoms with Gasteiger partial charge in [0.15, 0.2) is 0 Å². The van der Waals surface area contributed by atoms with E-state index in [-0.39, 0.29) is 0 Å². The highest BCUT2D eigenvalue weighted by atomic mass is 35.5. The second kappa shape index (κ2) is 6.60. The van der Waals surface area contributed by atoms with Crippen molar-refractivity contribution in [3.63, 3.8) is 0 Å². The first-order valence-corrected chi connectivity index (χ1v) is 7.34. The van der Waals surface area contributed by atoms with E-state index in [0.29, 0.717) is 6.04 Å². The van der Waals surface area contributed by atoms with Crippen molar-refractivity contribution in [1.82, 2.24) is 10.2 Å². The lowest BCUT2D eigenvalue weighted by Gasteiger charge is -2.38. The van der Waals surface area contributed by atoms with Crippen LogP contribution in [0, 0.1) is 0 Å². The van der Waals surface area contributed by atoms with Crippen LogP contribution in [0.25, 0.3) is 0 Å². The first-order valence-electron chi connectivity index (χ1n) is 6.97. The molecule has 1 heterocycles. The van der Waals surface area contributed by atoms with Gasteiger partial charge in [0, 0.05) is 26.2 Å². The maximum atomic E-state index is 6.43. The van der Waals surface area contributed by atoms with E-state index in [1.807, 2.05) is 19.2 Å².